The molecular formula is C53H38N2S. The molecule has 2 nitrogen and oxygen atoms in total. The van der Waals surface area contributed by atoms with Crippen LogP contribution in [0.3, 0.4) is 0 Å². The third-order valence-corrected chi connectivity index (χ3v) is 13.0. The fourth-order valence-electron chi connectivity index (χ4n) is 9.18. The van der Waals surface area contributed by atoms with Gasteiger partial charge >= 0.3 is 0 Å². The van der Waals surface area contributed by atoms with Gasteiger partial charge in [-0.25, -0.2) is 0 Å². The first kappa shape index (κ1) is 32.7. The lowest BCUT2D eigenvalue weighted by atomic mass is 9.81. The van der Waals surface area contributed by atoms with Gasteiger partial charge in [0.25, 0.3) is 0 Å². The van der Waals surface area contributed by atoms with E-state index in [2.05, 4.69) is 218 Å². The van der Waals surface area contributed by atoms with Gasteiger partial charge in [0.15, 0.2) is 0 Å². The summed E-state index contributed by atoms with van der Waals surface area (Å²) in [4.78, 5) is 4.96. The van der Waals surface area contributed by atoms with Gasteiger partial charge in [0.05, 0.1) is 27.4 Å². The highest BCUT2D eigenvalue weighted by Crippen LogP contribution is 2.54. The summed E-state index contributed by atoms with van der Waals surface area (Å²) in [6.07, 6.45) is 0. The van der Waals surface area contributed by atoms with E-state index < -0.39 is 0 Å². The number of hydrogen-bond donors (Lipinski definition) is 0. The molecule has 1 aliphatic rings. The molecule has 0 bridgehead atoms. The van der Waals surface area contributed by atoms with Crippen molar-refractivity contribution in [3.8, 4) is 11.1 Å². The first-order chi connectivity index (χ1) is 27.6. The zero-order valence-electron chi connectivity index (χ0n) is 31.3. The van der Waals surface area contributed by atoms with E-state index in [1.807, 2.05) is 11.3 Å². The van der Waals surface area contributed by atoms with Crippen LogP contribution in [0.5, 0.6) is 0 Å². The third-order valence-electron chi connectivity index (χ3n) is 11.8. The topological polar surface area (TPSA) is 6.48 Å². The molecule has 266 valence electrons. The molecule has 11 rings (SSSR count). The number of benzene rings is 9. The van der Waals surface area contributed by atoms with Crippen LogP contribution in [0.2, 0.25) is 0 Å². The number of anilines is 6. The first-order valence-electron chi connectivity index (χ1n) is 19.4. The Morgan fingerprint density at radius 2 is 0.911 bits per heavy atom. The summed E-state index contributed by atoms with van der Waals surface area (Å²) < 4.78 is 2.58. The smallest absolute Gasteiger partial charge is 0.0640 e. The maximum Gasteiger partial charge on any atom is 0.0640 e. The summed E-state index contributed by atoms with van der Waals surface area (Å²) in [5, 5.41) is 7.43. The summed E-state index contributed by atoms with van der Waals surface area (Å²) in [5.74, 6) is 0. The van der Waals surface area contributed by atoms with Gasteiger partial charge in [-0.05, 0) is 94.4 Å². The summed E-state index contributed by atoms with van der Waals surface area (Å²) >= 11 is 1.88. The third kappa shape index (κ3) is 4.94. The van der Waals surface area contributed by atoms with Crippen LogP contribution in [0.4, 0.5) is 34.1 Å². The molecule has 3 heteroatoms. The Hall–Kier alpha value is -6.68. The van der Waals surface area contributed by atoms with Crippen molar-refractivity contribution in [2.45, 2.75) is 19.3 Å². The lowest BCUT2D eigenvalue weighted by Gasteiger charge is -2.32. The predicted molar refractivity (Wildman–Crippen MR) is 241 cm³/mol. The minimum atomic E-state index is -0.162. The SMILES string of the molecule is CC1(C)c2ccccc2-c2cc3c(N(c4ccccc4)c4cccc5ccccc45)ccc(N(c4ccccc4)c4cccc5c4sc4ccccc45)c3cc21. The molecule has 0 atom stereocenters. The van der Waals surface area contributed by atoms with Crippen molar-refractivity contribution >= 4 is 87.2 Å². The number of thiophene rings is 1. The molecule has 1 heterocycles. The van der Waals surface area contributed by atoms with Crippen LogP contribution in [-0.2, 0) is 5.41 Å². The van der Waals surface area contributed by atoms with Crippen molar-refractivity contribution in [2.24, 2.45) is 0 Å². The van der Waals surface area contributed by atoms with Crippen LogP contribution >= 0.6 is 11.3 Å². The maximum absolute atomic E-state index is 2.51. The van der Waals surface area contributed by atoms with Crippen molar-refractivity contribution in [1.82, 2.24) is 0 Å². The van der Waals surface area contributed by atoms with E-state index in [4.69, 9.17) is 0 Å². The average Bonchev–Trinajstić information content (AvgIpc) is 3.74. The van der Waals surface area contributed by atoms with E-state index >= 15 is 0 Å². The fraction of sp³-hybridized carbons (Fsp3) is 0.0566. The summed E-state index contributed by atoms with van der Waals surface area (Å²) in [5.41, 5.74) is 12.1. The second kappa shape index (κ2) is 12.7. The normalized spacial score (nSPS) is 13.0. The average molecular weight is 735 g/mol. The number of rotatable bonds is 6. The Morgan fingerprint density at radius 1 is 0.375 bits per heavy atom. The predicted octanol–water partition coefficient (Wildman–Crippen LogP) is 15.6. The van der Waals surface area contributed by atoms with E-state index in [1.165, 1.54) is 69.7 Å². The number of nitrogens with zero attached hydrogens (tertiary/aromatic N) is 2. The van der Waals surface area contributed by atoms with Gasteiger partial charge in [-0.3, -0.25) is 0 Å². The molecule has 1 aromatic heterocycles. The molecule has 10 aromatic rings. The van der Waals surface area contributed by atoms with Gasteiger partial charge in [-0.1, -0.05) is 141 Å². The van der Waals surface area contributed by atoms with Crippen molar-refractivity contribution in [3.63, 3.8) is 0 Å². The van der Waals surface area contributed by atoms with Crippen LogP contribution in [0.1, 0.15) is 25.0 Å². The molecule has 0 fully saturated rings. The minimum absolute atomic E-state index is 0.162. The van der Waals surface area contributed by atoms with Gasteiger partial charge < -0.3 is 9.80 Å². The Bertz CT molecular complexity index is 3120. The number of fused-ring (bicyclic) bond motifs is 8. The highest BCUT2D eigenvalue weighted by atomic mass is 32.1. The van der Waals surface area contributed by atoms with Crippen LogP contribution in [0, 0.1) is 0 Å². The van der Waals surface area contributed by atoms with Crippen molar-refractivity contribution in [1.29, 1.82) is 0 Å². The van der Waals surface area contributed by atoms with Crippen LogP contribution in [0.25, 0.3) is 52.8 Å². The Labute approximate surface area is 331 Å². The molecule has 0 saturated heterocycles. The molecule has 0 N–H and O–H groups in total. The molecule has 0 radical (unpaired) electrons. The molecule has 0 aliphatic heterocycles. The Morgan fingerprint density at radius 3 is 1.68 bits per heavy atom. The highest BCUT2D eigenvalue weighted by molar-refractivity contribution is 7.26. The Balaban J connectivity index is 1.26. The first-order valence-corrected chi connectivity index (χ1v) is 20.2. The summed E-state index contributed by atoms with van der Waals surface area (Å²) in [6.45, 7) is 4.76. The molecule has 0 amide bonds. The fourth-order valence-corrected chi connectivity index (χ4v) is 10.4. The lowest BCUT2D eigenvalue weighted by molar-refractivity contribution is 0.661. The van der Waals surface area contributed by atoms with Gasteiger partial charge in [0, 0.05) is 48.4 Å². The molecule has 9 aromatic carbocycles. The van der Waals surface area contributed by atoms with Gasteiger partial charge in [0.1, 0.15) is 0 Å². The zero-order chi connectivity index (χ0) is 37.4. The van der Waals surface area contributed by atoms with Crippen LogP contribution in [-0.4, -0.2) is 0 Å². The highest BCUT2D eigenvalue weighted by Gasteiger charge is 2.36. The van der Waals surface area contributed by atoms with Crippen molar-refractivity contribution in [2.75, 3.05) is 9.80 Å². The zero-order valence-corrected chi connectivity index (χ0v) is 32.1. The molecule has 0 spiro atoms. The lowest BCUT2D eigenvalue weighted by Crippen LogP contribution is -2.16. The summed E-state index contributed by atoms with van der Waals surface area (Å²) in [6, 6.07) is 71.4. The molecule has 0 saturated carbocycles. The van der Waals surface area contributed by atoms with Crippen LogP contribution in [0.15, 0.2) is 194 Å². The van der Waals surface area contributed by atoms with E-state index in [-0.39, 0.29) is 5.41 Å². The van der Waals surface area contributed by atoms with Gasteiger partial charge in [-0.15, -0.1) is 11.3 Å². The second-order valence-electron chi connectivity index (χ2n) is 15.3. The van der Waals surface area contributed by atoms with Crippen molar-refractivity contribution in [3.05, 3.63) is 205 Å². The number of hydrogen-bond acceptors (Lipinski definition) is 3. The van der Waals surface area contributed by atoms with E-state index in [0.29, 0.717) is 0 Å². The molecular weight excluding hydrogens is 697 g/mol. The van der Waals surface area contributed by atoms with E-state index in [0.717, 1.165) is 28.4 Å². The van der Waals surface area contributed by atoms with Gasteiger partial charge in [-0.2, -0.15) is 0 Å². The molecule has 56 heavy (non-hydrogen) atoms. The standard InChI is InChI=1S/C53H38N2S/c1-53(2)45-27-13-11-24-39(45)42-33-43-44(34-46(42)53)49(32-31-48(43)54(36-19-5-3-6-20-36)47-28-15-18-35-17-9-10-23-38(35)47)55(37-21-7-4-8-22-37)50-29-16-26-41-40-25-12-14-30-51(40)56-52(41)50/h3-34H,1-2H3. The van der Waals surface area contributed by atoms with E-state index in [1.54, 1.807) is 0 Å². The largest absolute Gasteiger partial charge is 0.309 e. The van der Waals surface area contributed by atoms with Gasteiger partial charge in [0.2, 0.25) is 0 Å². The monoisotopic (exact) mass is 734 g/mol. The molecule has 1 aliphatic carbocycles. The Kier molecular flexibility index (Phi) is 7.42. The second-order valence-corrected chi connectivity index (χ2v) is 16.4. The van der Waals surface area contributed by atoms with E-state index in [9.17, 15) is 0 Å². The van der Waals surface area contributed by atoms with Crippen LogP contribution < -0.4 is 9.80 Å². The van der Waals surface area contributed by atoms with Crippen molar-refractivity contribution < 1.29 is 0 Å². The molecule has 0 unspecified atom stereocenters. The quantitative estimate of drug-likeness (QED) is 0.168. The summed E-state index contributed by atoms with van der Waals surface area (Å²) in [7, 11) is 0. The maximum atomic E-state index is 2.51. The minimum Gasteiger partial charge on any atom is -0.309 e. The number of para-hydroxylation sites is 2.